The van der Waals surface area contributed by atoms with E-state index < -0.39 is 15.8 Å². The molecule has 20 heavy (non-hydrogen) atoms. The molecule has 0 aliphatic heterocycles. The summed E-state index contributed by atoms with van der Waals surface area (Å²) in [5.41, 5.74) is 5.21. The van der Waals surface area contributed by atoms with E-state index in [1.165, 1.54) is 11.4 Å². The van der Waals surface area contributed by atoms with Crippen LogP contribution in [0.25, 0.3) is 0 Å². The molecule has 0 radical (unpaired) electrons. The first kappa shape index (κ1) is 17.4. The number of rotatable bonds is 7. The van der Waals surface area contributed by atoms with E-state index in [4.69, 9.17) is 10.8 Å². The average molecular weight is 369 g/mol. The first-order chi connectivity index (χ1) is 9.30. The Morgan fingerprint density at radius 3 is 2.60 bits per heavy atom. The van der Waals surface area contributed by atoms with E-state index in [1.807, 2.05) is 0 Å². The smallest absolute Gasteiger partial charge is 0.244 e. The molecule has 0 heterocycles. The first-order valence-corrected chi connectivity index (χ1v) is 8.35. The predicted octanol–water partition coefficient (Wildman–Crippen LogP) is 1.95. The van der Waals surface area contributed by atoms with Gasteiger partial charge in [0.25, 0.3) is 0 Å². The van der Waals surface area contributed by atoms with Gasteiger partial charge >= 0.3 is 0 Å². The third kappa shape index (κ3) is 4.15. The molecule has 0 aliphatic rings. The molecule has 0 aromatic heterocycles. The van der Waals surface area contributed by atoms with Crippen LogP contribution in [-0.4, -0.2) is 38.0 Å². The molecule has 0 bridgehead atoms. The summed E-state index contributed by atoms with van der Waals surface area (Å²) in [6.45, 7) is 0.419. The van der Waals surface area contributed by atoms with Crippen molar-refractivity contribution in [3.8, 4) is 0 Å². The summed E-state index contributed by atoms with van der Waals surface area (Å²) in [7, 11) is -2.26. The molecule has 0 aliphatic carbocycles. The zero-order chi connectivity index (χ0) is 15.3. The second kappa shape index (κ2) is 7.35. The van der Waals surface area contributed by atoms with Crippen molar-refractivity contribution in [2.24, 2.45) is 0 Å². The lowest BCUT2D eigenvalue weighted by molar-refractivity contribution is 0.281. The largest absolute Gasteiger partial charge is 0.396 e. The van der Waals surface area contributed by atoms with Crippen molar-refractivity contribution < 1.29 is 17.9 Å². The molecule has 0 saturated carbocycles. The molecule has 8 heteroatoms. The van der Waals surface area contributed by atoms with Crippen molar-refractivity contribution in [1.82, 2.24) is 4.31 Å². The number of hydrogen-bond donors (Lipinski definition) is 2. The van der Waals surface area contributed by atoms with Crippen LogP contribution in [0.15, 0.2) is 21.5 Å². The number of nitrogen functional groups attached to an aromatic ring is 1. The van der Waals surface area contributed by atoms with Crippen LogP contribution in [0.3, 0.4) is 0 Å². The van der Waals surface area contributed by atoms with Gasteiger partial charge in [-0.15, -0.1) is 0 Å². The fourth-order valence-electron chi connectivity index (χ4n) is 1.65. The molecule has 0 fully saturated rings. The van der Waals surface area contributed by atoms with Crippen molar-refractivity contribution in [3.05, 3.63) is 22.4 Å². The highest BCUT2D eigenvalue weighted by Crippen LogP contribution is 2.28. The van der Waals surface area contributed by atoms with E-state index in [0.29, 0.717) is 19.4 Å². The van der Waals surface area contributed by atoms with E-state index in [2.05, 4.69) is 15.9 Å². The van der Waals surface area contributed by atoms with Gasteiger partial charge in [-0.05, 0) is 47.3 Å². The van der Waals surface area contributed by atoms with Gasteiger partial charge < -0.3 is 10.8 Å². The molecule has 3 N–H and O–H groups in total. The van der Waals surface area contributed by atoms with Crippen LogP contribution in [0, 0.1) is 5.82 Å². The number of halogens is 2. The second-order valence-electron chi connectivity index (χ2n) is 4.41. The molecule has 0 unspecified atom stereocenters. The van der Waals surface area contributed by atoms with Crippen LogP contribution in [0.1, 0.15) is 19.3 Å². The lowest BCUT2D eigenvalue weighted by atomic mass is 10.2. The second-order valence-corrected chi connectivity index (χ2v) is 7.28. The summed E-state index contributed by atoms with van der Waals surface area (Å²) < 4.78 is 39.3. The van der Waals surface area contributed by atoms with Gasteiger partial charge in [-0.25, -0.2) is 17.1 Å². The van der Waals surface area contributed by atoms with Crippen LogP contribution in [0.4, 0.5) is 10.1 Å². The van der Waals surface area contributed by atoms with Gasteiger partial charge in [-0.2, -0.15) is 0 Å². The van der Waals surface area contributed by atoms with E-state index >= 15 is 0 Å². The Bertz CT molecular complexity index is 566. The highest BCUT2D eigenvalue weighted by Gasteiger charge is 2.24. The number of nitrogens with zero attached hydrogens (tertiary/aromatic N) is 1. The highest BCUT2D eigenvalue weighted by atomic mass is 79.9. The zero-order valence-corrected chi connectivity index (χ0v) is 13.5. The van der Waals surface area contributed by atoms with Crippen LogP contribution in [-0.2, 0) is 10.0 Å². The Hall–Kier alpha value is -0.700. The van der Waals surface area contributed by atoms with Crippen molar-refractivity contribution >= 4 is 31.6 Å². The molecule has 1 rings (SSSR count). The van der Waals surface area contributed by atoms with Crippen LogP contribution in [0.2, 0.25) is 0 Å². The van der Waals surface area contributed by atoms with Gasteiger partial charge in [0.2, 0.25) is 10.0 Å². The van der Waals surface area contributed by atoms with E-state index in [9.17, 15) is 12.8 Å². The lowest BCUT2D eigenvalue weighted by Gasteiger charge is -2.18. The third-order valence-electron chi connectivity index (χ3n) is 2.87. The van der Waals surface area contributed by atoms with Gasteiger partial charge in [0.05, 0.1) is 10.6 Å². The SMILES string of the molecule is CN(CCCCCO)S(=O)(=O)c1cc(N)c(F)cc1Br. The highest BCUT2D eigenvalue weighted by molar-refractivity contribution is 9.10. The Kier molecular flexibility index (Phi) is 6.38. The summed E-state index contributed by atoms with van der Waals surface area (Å²) >= 11 is 3.04. The van der Waals surface area contributed by atoms with Crippen molar-refractivity contribution in [1.29, 1.82) is 0 Å². The fraction of sp³-hybridized carbons (Fsp3) is 0.500. The van der Waals surface area contributed by atoms with E-state index in [1.54, 1.807) is 0 Å². The molecule has 0 saturated heterocycles. The number of sulfonamides is 1. The average Bonchev–Trinajstić information content (AvgIpc) is 2.38. The molecule has 5 nitrogen and oxygen atoms in total. The van der Waals surface area contributed by atoms with Gasteiger partial charge in [0.15, 0.2) is 0 Å². The van der Waals surface area contributed by atoms with Crippen LogP contribution < -0.4 is 5.73 Å². The molecular formula is C12H18BrFN2O3S. The maximum absolute atomic E-state index is 13.2. The maximum atomic E-state index is 13.2. The van der Waals surface area contributed by atoms with Gasteiger partial charge in [-0.1, -0.05) is 0 Å². The number of nitrogens with two attached hydrogens (primary N) is 1. The molecule has 0 atom stereocenters. The molecule has 114 valence electrons. The minimum atomic E-state index is -3.72. The maximum Gasteiger partial charge on any atom is 0.244 e. The molecular weight excluding hydrogens is 351 g/mol. The van der Waals surface area contributed by atoms with Crippen molar-refractivity contribution in [3.63, 3.8) is 0 Å². The molecule has 1 aromatic rings. The molecule has 0 spiro atoms. The summed E-state index contributed by atoms with van der Waals surface area (Å²) in [6.07, 6.45) is 2.02. The third-order valence-corrected chi connectivity index (χ3v) is 5.69. The van der Waals surface area contributed by atoms with E-state index in [0.717, 1.165) is 18.6 Å². The van der Waals surface area contributed by atoms with Crippen LogP contribution in [0.5, 0.6) is 0 Å². The number of hydrogen-bond acceptors (Lipinski definition) is 4. The lowest BCUT2D eigenvalue weighted by Crippen LogP contribution is -2.28. The van der Waals surface area contributed by atoms with Crippen LogP contribution >= 0.6 is 15.9 Å². The summed E-state index contributed by atoms with van der Waals surface area (Å²) in [6, 6.07) is 2.15. The molecule has 0 amide bonds. The van der Waals surface area contributed by atoms with E-state index in [-0.39, 0.29) is 21.7 Å². The predicted molar refractivity (Wildman–Crippen MR) is 79.3 cm³/mol. The monoisotopic (exact) mass is 368 g/mol. The Labute approximate surface area is 126 Å². The minimum Gasteiger partial charge on any atom is -0.396 e. The van der Waals surface area contributed by atoms with Gasteiger partial charge in [-0.3, -0.25) is 0 Å². The minimum absolute atomic E-state index is 0.0546. The summed E-state index contributed by atoms with van der Waals surface area (Å²) in [4.78, 5) is -0.0546. The zero-order valence-electron chi connectivity index (χ0n) is 11.1. The quantitative estimate of drug-likeness (QED) is 0.569. The Morgan fingerprint density at radius 1 is 1.35 bits per heavy atom. The van der Waals surface area contributed by atoms with Gasteiger partial charge in [0, 0.05) is 24.7 Å². The fourth-order valence-corrected chi connectivity index (χ4v) is 3.87. The van der Waals surface area contributed by atoms with Crippen molar-refractivity contribution in [2.75, 3.05) is 25.9 Å². The number of aliphatic hydroxyl groups is 1. The van der Waals surface area contributed by atoms with Gasteiger partial charge in [0.1, 0.15) is 5.82 Å². The number of aliphatic hydroxyl groups excluding tert-OH is 1. The topological polar surface area (TPSA) is 83.6 Å². The first-order valence-electron chi connectivity index (χ1n) is 6.12. The normalized spacial score (nSPS) is 12.1. The number of unbranched alkanes of at least 4 members (excludes halogenated alkanes) is 2. The summed E-state index contributed by atoms with van der Waals surface area (Å²) in [5.74, 6) is -0.665. The Morgan fingerprint density at radius 2 is 2.00 bits per heavy atom. The summed E-state index contributed by atoms with van der Waals surface area (Å²) in [5, 5.41) is 8.67. The standard InChI is InChI=1S/C12H18BrFN2O3S/c1-16(5-3-2-4-6-17)20(18,19)12-8-11(15)10(14)7-9(12)13/h7-8,17H,2-6,15H2,1H3. The number of anilines is 1. The van der Waals surface area contributed by atoms with Crippen molar-refractivity contribution in [2.45, 2.75) is 24.2 Å². The Balaban J connectivity index is 2.90. The molecule has 1 aromatic carbocycles. The number of benzene rings is 1.